The van der Waals surface area contributed by atoms with Gasteiger partial charge in [-0.1, -0.05) is 48.0 Å². The van der Waals surface area contributed by atoms with Crippen molar-refractivity contribution >= 4 is 20.9 Å². The molecule has 1 aliphatic rings. The third-order valence-corrected chi connectivity index (χ3v) is 6.47. The summed E-state index contributed by atoms with van der Waals surface area (Å²) in [6.07, 6.45) is 0.756. The van der Waals surface area contributed by atoms with Crippen molar-refractivity contribution in [3.63, 3.8) is 0 Å². The second-order valence-electron chi connectivity index (χ2n) is 6.46. The van der Waals surface area contributed by atoms with E-state index in [0.717, 1.165) is 28.8 Å². The summed E-state index contributed by atoms with van der Waals surface area (Å²) >= 11 is 0. The Labute approximate surface area is 142 Å². The van der Waals surface area contributed by atoms with Crippen LogP contribution in [0.1, 0.15) is 22.4 Å². The van der Waals surface area contributed by atoms with Crippen LogP contribution in [0.4, 0.5) is 0 Å². The molecule has 1 N–H and O–H groups in total. The van der Waals surface area contributed by atoms with Crippen LogP contribution in [0.2, 0.25) is 0 Å². The summed E-state index contributed by atoms with van der Waals surface area (Å²) in [6, 6.07) is 15.9. The van der Waals surface area contributed by atoms with E-state index in [-0.39, 0.29) is 5.75 Å². The molecule has 0 bridgehead atoms. The SMILES string of the molecule is Cc1cccc(CS(=O)(=O)N2CCc3c([nH]c4ccccc34)C2)c1. The Morgan fingerprint density at radius 3 is 2.79 bits per heavy atom. The van der Waals surface area contributed by atoms with Crippen LogP contribution in [0.5, 0.6) is 0 Å². The molecule has 0 saturated carbocycles. The Bertz CT molecular complexity index is 1010. The maximum Gasteiger partial charge on any atom is 0.218 e. The zero-order valence-corrected chi connectivity index (χ0v) is 14.4. The zero-order valence-electron chi connectivity index (χ0n) is 13.6. The van der Waals surface area contributed by atoms with Crippen LogP contribution in [-0.4, -0.2) is 24.3 Å². The molecule has 0 fully saturated rings. The Hall–Kier alpha value is -2.11. The third-order valence-electron chi connectivity index (χ3n) is 4.67. The Balaban J connectivity index is 1.61. The summed E-state index contributed by atoms with van der Waals surface area (Å²) in [5.74, 6) is 0.0598. The lowest BCUT2D eigenvalue weighted by molar-refractivity contribution is 0.388. The van der Waals surface area contributed by atoms with Crippen molar-refractivity contribution in [3.05, 3.63) is 70.9 Å². The van der Waals surface area contributed by atoms with Crippen molar-refractivity contribution in [2.75, 3.05) is 6.54 Å². The lowest BCUT2D eigenvalue weighted by Crippen LogP contribution is -2.36. The van der Waals surface area contributed by atoms with Gasteiger partial charge >= 0.3 is 0 Å². The van der Waals surface area contributed by atoms with E-state index in [1.54, 1.807) is 4.31 Å². The molecule has 0 amide bonds. The zero-order chi connectivity index (χ0) is 16.7. The molecule has 3 aromatic rings. The predicted octanol–water partition coefficient (Wildman–Crippen LogP) is 3.36. The average Bonchev–Trinajstić information content (AvgIpc) is 2.92. The summed E-state index contributed by atoms with van der Waals surface area (Å²) in [7, 11) is -3.32. The fraction of sp³-hybridized carbons (Fsp3) is 0.263. The molecule has 4 nitrogen and oxygen atoms in total. The van der Waals surface area contributed by atoms with Gasteiger partial charge in [0.05, 0.1) is 12.3 Å². The van der Waals surface area contributed by atoms with Gasteiger partial charge in [-0.3, -0.25) is 0 Å². The number of nitrogens with zero attached hydrogens (tertiary/aromatic N) is 1. The number of H-pyrrole nitrogens is 1. The Kier molecular flexibility index (Phi) is 3.70. The van der Waals surface area contributed by atoms with Gasteiger partial charge in [-0.05, 0) is 30.5 Å². The molecule has 2 heterocycles. The minimum absolute atomic E-state index is 0.0598. The fourth-order valence-electron chi connectivity index (χ4n) is 3.51. The van der Waals surface area contributed by atoms with Crippen LogP contribution in [0.3, 0.4) is 0 Å². The maximum atomic E-state index is 12.8. The molecule has 4 rings (SSSR count). The topological polar surface area (TPSA) is 53.2 Å². The fourth-order valence-corrected chi connectivity index (χ4v) is 4.99. The van der Waals surface area contributed by atoms with Crippen molar-refractivity contribution < 1.29 is 8.42 Å². The highest BCUT2D eigenvalue weighted by atomic mass is 32.2. The van der Waals surface area contributed by atoms with E-state index in [1.807, 2.05) is 49.4 Å². The second-order valence-corrected chi connectivity index (χ2v) is 8.43. The monoisotopic (exact) mass is 340 g/mol. The van der Waals surface area contributed by atoms with Gasteiger partial charge in [0.15, 0.2) is 0 Å². The number of benzene rings is 2. The first-order valence-corrected chi connectivity index (χ1v) is 9.76. The maximum absolute atomic E-state index is 12.8. The van der Waals surface area contributed by atoms with Gasteiger partial charge in [0, 0.05) is 23.1 Å². The van der Waals surface area contributed by atoms with Gasteiger partial charge in [-0.15, -0.1) is 0 Å². The summed E-state index contributed by atoms with van der Waals surface area (Å²) < 4.78 is 27.2. The number of para-hydroxylation sites is 1. The van der Waals surface area contributed by atoms with Crippen LogP contribution in [0.15, 0.2) is 48.5 Å². The summed E-state index contributed by atoms with van der Waals surface area (Å²) in [6.45, 7) is 2.95. The molecule has 0 aliphatic carbocycles. The number of hydrogen-bond donors (Lipinski definition) is 1. The molecule has 1 aliphatic heterocycles. The van der Waals surface area contributed by atoms with Crippen LogP contribution in [-0.2, 0) is 28.7 Å². The molecule has 0 unspecified atom stereocenters. The van der Waals surface area contributed by atoms with Gasteiger partial charge in [0.25, 0.3) is 0 Å². The molecular formula is C19H20N2O2S. The highest BCUT2D eigenvalue weighted by Gasteiger charge is 2.28. The first-order chi connectivity index (χ1) is 11.5. The average molecular weight is 340 g/mol. The van der Waals surface area contributed by atoms with E-state index in [4.69, 9.17) is 0 Å². The summed E-state index contributed by atoms with van der Waals surface area (Å²) in [5, 5.41) is 1.21. The summed E-state index contributed by atoms with van der Waals surface area (Å²) in [4.78, 5) is 3.38. The van der Waals surface area contributed by atoms with Crippen LogP contribution in [0.25, 0.3) is 10.9 Å². The molecule has 5 heteroatoms. The van der Waals surface area contributed by atoms with E-state index in [2.05, 4.69) is 11.1 Å². The van der Waals surface area contributed by atoms with Gasteiger partial charge in [-0.25, -0.2) is 8.42 Å². The van der Waals surface area contributed by atoms with E-state index >= 15 is 0 Å². The standard InChI is InChI=1S/C19H20N2O2S/c1-14-5-4-6-15(11-14)13-24(22,23)21-10-9-17-16-7-2-3-8-18(16)20-19(17)12-21/h2-8,11,20H,9-10,12-13H2,1H3. The number of aryl methyl sites for hydroxylation is 1. The van der Waals surface area contributed by atoms with Gasteiger partial charge in [0.1, 0.15) is 0 Å². The molecule has 0 spiro atoms. The lowest BCUT2D eigenvalue weighted by atomic mass is 10.1. The molecule has 24 heavy (non-hydrogen) atoms. The number of nitrogens with one attached hydrogen (secondary N) is 1. The minimum Gasteiger partial charge on any atom is -0.357 e. The third kappa shape index (κ3) is 2.74. The van der Waals surface area contributed by atoms with Crippen molar-refractivity contribution in [1.82, 2.24) is 9.29 Å². The number of aromatic nitrogens is 1. The highest BCUT2D eigenvalue weighted by molar-refractivity contribution is 7.88. The minimum atomic E-state index is -3.32. The molecule has 2 aromatic carbocycles. The van der Waals surface area contributed by atoms with E-state index in [1.165, 1.54) is 10.9 Å². The first kappa shape index (κ1) is 15.4. The highest BCUT2D eigenvalue weighted by Crippen LogP contribution is 2.29. The molecule has 0 radical (unpaired) electrons. The van der Waals surface area contributed by atoms with Crippen molar-refractivity contribution in [2.45, 2.75) is 25.6 Å². The normalized spacial score (nSPS) is 15.5. The lowest BCUT2D eigenvalue weighted by Gasteiger charge is -2.26. The van der Waals surface area contributed by atoms with Crippen LogP contribution >= 0.6 is 0 Å². The smallest absolute Gasteiger partial charge is 0.218 e. The van der Waals surface area contributed by atoms with E-state index in [9.17, 15) is 8.42 Å². The summed E-state index contributed by atoms with van der Waals surface area (Å²) in [5.41, 5.74) is 5.29. The number of rotatable bonds is 3. The Morgan fingerprint density at radius 2 is 1.96 bits per heavy atom. The second kappa shape index (κ2) is 5.76. The van der Waals surface area contributed by atoms with Crippen LogP contribution < -0.4 is 0 Å². The predicted molar refractivity (Wildman–Crippen MR) is 96.2 cm³/mol. The van der Waals surface area contributed by atoms with E-state index < -0.39 is 10.0 Å². The van der Waals surface area contributed by atoms with E-state index in [0.29, 0.717) is 13.1 Å². The first-order valence-electron chi connectivity index (χ1n) is 8.15. The molecule has 0 saturated heterocycles. The molecular weight excluding hydrogens is 320 g/mol. The van der Waals surface area contributed by atoms with Gasteiger partial charge in [0.2, 0.25) is 10.0 Å². The van der Waals surface area contributed by atoms with Crippen molar-refractivity contribution in [3.8, 4) is 0 Å². The number of aromatic amines is 1. The number of hydrogen-bond acceptors (Lipinski definition) is 2. The number of fused-ring (bicyclic) bond motifs is 3. The van der Waals surface area contributed by atoms with Crippen molar-refractivity contribution in [1.29, 1.82) is 0 Å². The molecule has 1 aromatic heterocycles. The quantitative estimate of drug-likeness (QED) is 0.795. The molecule has 0 atom stereocenters. The molecule has 124 valence electrons. The van der Waals surface area contributed by atoms with Crippen LogP contribution in [0, 0.1) is 6.92 Å². The Morgan fingerprint density at radius 1 is 1.12 bits per heavy atom. The largest absolute Gasteiger partial charge is 0.357 e. The van der Waals surface area contributed by atoms with Gasteiger partial charge in [-0.2, -0.15) is 4.31 Å². The number of sulfonamides is 1. The van der Waals surface area contributed by atoms with Gasteiger partial charge < -0.3 is 4.98 Å². The van der Waals surface area contributed by atoms with Crippen molar-refractivity contribution in [2.24, 2.45) is 0 Å².